The number of benzene rings is 1. The molecule has 2 rings (SSSR count). The molecule has 0 spiro atoms. The van der Waals surface area contributed by atoms with E-state index >= 15 is 0 Å². The van der Waals surface area contributed by atoms with Gasteiger partial charge in [0.15, 0.2) is 6.29 Å². The Kier molecular flexibility index (Phi) is 2.53. The molecule has 17 heavy (non-hydrogen) atoms. The zero-order valence-electron chi connectivity index (χ0n) is 10.5. The molecule has 0 unspecified atom stereocenters. The first-order valence-corrected chi connectivity index (χ1v) is 5.55. The molecule has 0 aromatic heterocycles. The van der Waals surface area contributed by atoms with Crippen molar-refractivity contribution in [3.05, 3.63) is 27.2 Å². The van der Waals surface area contributed by atoms with E-state index in [0.29, 0.717) is 18.3 Å². The maximum Gasteiger partial charge on any atom is 0.152 e. The highest BCUT2D eigenvalue weighted by Gasteiger charge is 2.35. The highest BCUT2D eigenvalue weighted by Crippen LogP contribution is 2.44. The van der Waals surface area contributed by atoms with Gasteiger partial charge < -0.3 is 4.74 Å². The van der Waals surface area contributed by atoms with Crippen molar-refractivity contribution in [3.8, 4) is 5.75 Å². The summed E-state index contributed by atoms with van der Waals surface area (Å²) in [6.45, 7) is 7.60. The van der Waals surface area contributed by atoms with Gasteiger partial charge in [-0.05, 0) is 44.0 Å². The molecule has 4 nitrogen and oxygen atoms in total. The Morgan fingerprint density at radius 2 is 1.94 bits per heavy atom. The topological polar surface area (TPSA) is 55.7 Å². The third-order valence-electron chi connectivity index (χ3n) is 3.30. The average molecular weight is 233 g/mol. The Bertz CT molecular complexity index is 518. The van der Waals surface area contributed by atoms with Crippen molar-refractivity contribution in [3.63, 3.8) is 0 Å². The van der Waals surface area contributed by atoms with Crippen LogP contribution in [0.3, 0.4) is 0 Å². The second kappa shape index (κ2) is 3.65. The SMILES string of the molecule is Cc1c(C)c2c(c(C=O)c1N=O)CC(C)(C)O2. The molecular weight excluding hydrogens is 218 g/mol. The maximum absolute atomic E-state index is 11.2. The summed E-state index contributed by atoms with van der Waals surface area (Å²) >= 11 is 0. The minimum Gasteiger partial charge on any atom is -0.487 e. The molecule has 0 saturated heterocycles. The molecule has 0 N–H and O–H groups in total. The summed E-state index contributed by atoms with van der Waals surface area (Å²) in [4.78, 5) is 22.0. The molecule has 1 aromatic rings. The molecule has 4 heteroatoms. The quantitative estimate of drug-likeness (QED) is 0.582. The number of hydrogen-bond acceptors (Lipinski definition) is 4. The van der Waals surface area contributed by atoms with Gasteiger partial charge in [0.1, 0.15) is 17.0 Å². The molecule has 1 aliphatic heterocycles. The lowest BCUT2D eigenvalue weighted by Gasteiger charge is -2.18. The van der Waals surface area contributed by atoms with E-state index in [2.05, 4.69) is 5.18 Å². The number of nitrogens with zero attached hydrogens (tertiary/aromatic N) is 1. The summed E-state index contributed by atoms with van der Waals surface area (Å²) in [6.07, 6.45) is 1.33. The molecule has 0 bridgehead atoms. The van der Waals surface area contributed by atoms with Crippen molar-refractivity contribution < 1.29 is 9.53 Å². The highest BCUT2D eigenvalue weighted by molar-refractivity contribution is 5.89. The number of carbonyl (C=O) groups excluding carboxylic acids is 1. The number of fused-ring (bicyclic) bond motifs is 1. The van der Waals surface area contributed by atoms with Crippen LogP contribution in [0.1, 0.15) is 40.9 Å². The van der Waals surface area contributed by atoms with E-state index in [-0.39, 0.29) is 11.3 Å². The fourth-order valence-corrected chi connectivity index (χ4v) is 2.34. The highest BCUT2D eigenvalue weighted by atomic mass is 16.5. The van der Waals surface area contributed by atoms with Crippen molar-refractivity contribution in [1.82, 2.24) is 0 Å². The molecule has 0 saturated carbocycles. The number of carbonyl (C=O) groups is 1. The van der Waals surface area contributed by atoms with Crippen LogP contribution in [0.2, 0.25) is 0 Å². The van der Waals surface area contributed by atoms with E-state index in [1.807, 2.05) is 20.8 Å². The molecule has 1 heterocycles. The molecule has 0 atom stereocenters. The molecular formula is C13H15NO3. The van der Waals surface area contributed by atoms with Gasteiger partial charge in [0.25, 0.3) is 0 Å². The van der Waals surface area contributed by atoms with E-state index in [9.17, 15) is 9.70 Å². The van der Waals surface area contributed by atoms with Crippen LogP contribution in [0.25, 0.3) is 0 Å². The number of nitroso groups, excluding NO2 is 1. The summed E-state index contributed by atoms with van der Waals surface area (Å²) in [5, 5.41) is 2.99. The first-order valence-electron chi connectivity index (χ1n) is 5.55. The van der Waals surface area contributed by atoms with Gasteiger partial charge in [0, 0.05) is 12.0 Å². The molecule has 0 radical (unpaired) electrons. The third kappa shape index (κ3) is 1.64. The van der Waals surface area contributed by atoms with E-state index in [1.165, 1.54) is 0 Å². The lowest BCUT2D eigenvalue weighted by Crippen LogP contribution is -2.25. The van der Waals surface area contributed by atoms with Gasteiger partial charge in [0.05, 0.1) is 5.56 Å². The first kappa shape index (κ1) is 11.8. The van der Waals surface area contributed by atoms with Crippen LogP contribution in [-0.2, 0) is 6.42 Å². The minimum absolute atomic E-state index is 0.248. The van der Waals surface area contributed by atoms with Gasteiger partial charge in [-0.1, -0.05) is 0 Å². The zero-order chi connectivity index (χ0) is 12.8. The van der Waals surface area contributed by atoms with Crippen molar-refractivity contribution in [1.29, 1.82) is 0 Å². The van der Waals surface area contributed by atoms with Crippen LogP contribution >= 0.6 is 0 Å². The molecule has 0 amide bonds. The summed E-state index contributed by atoms with van der Waals surface area (Å²) < 4.78 is 5.85. The van der Waals surface area contributed by atoms with Crippen LogP contribution in [0.5, 0.6) is 5.75 Å². The van der Waals surface area contributed by atoms with Gasteiger partial charge >= 0.3 is 0 Å². The second-order valence-electron chi connectivity index (χ2n) is 5.07. The average Bonchev–Trinajstić information content (AvgIpc) is 2.59. The van der Waals surface area contributed by atoms with Crippen molar-refractivity contribution in [2.75, 3.05) is 0 Å². The number of rotatable bonds is 2. The van der Waals surface area contributed by atoms with Crippen LogP contribution in [0, 0.1) is 18.8 Å². The lowest BCUT2D eigenvalue weighted by molar-refractivity contribution is 0.112. The Morgan fingerprint density at radius 1 is 1.29 bits per heavy atom. The van der Waals surface area contributed by atoms with E-state index in [1.54, 1.807) is 6.92 Å². The Labute approximate surface area is 99.9 Å². The Hall–Kier alpha value is -1.71. The molecule has 0 aliphatic carbocycles. The van der Waals surface area contributed by atoms with Crippen molar-refractivity contribution >= 4 is 12.0 Å². The van der Waals surface area contributed by atoms with Crippen molar-refractivity contribution in [2.24, 2.45) is 5.18 Å². The van der Waals surface area contributed by atoms with Gasteiger partial charge in [-0.25, -0.2) is 0 Å². The fraction of sp³-hybridized carbons (Fsp3) is 0.462. The van der Waals surface area contributed by atoms with Crippen molar-refractivity contribution in [2.45, 2.75) is 39.7 Å². The van der Waals surface area contributed by atoms with E-state index in [4.69, 9.17) is 4.74 Å². The third-order valence-corrected chi connectivity index (χ3v) is 3.30. The number of ether oxygens (including phenoxy) is 1. The van der Waals surface area contributed by atoms with Gasteiger partial charge in [-0.2, -0.15) is 0 Å². The Morgan fingerprint density at radius 3 is 2.47 bits per heavy atom. The summed E-state index contributed by atoms with van der Waals surface area (Å²) in [5.74, 6) is 0.738. The van der Waals surface area contributed by atoms with Crippen LogP contribution < -0.4 is 4.74 Å². The standard InChI is InChI=1S/C13H15NO3/c1-7-8(2)12-9(5-13(3,4)17-12)10(6-15)11(7)14-16/h6H,5H2,1-4H3. The molecule has 90 valence electrons. The van der Waals surface area contributed by atoms with E-state index < -0.39 is 0 Å². The second-order valence-corrected chi connectivity index (χ2v) is 5.07. The minimum atomic E-state index is -0.335. The predicted molar refractivity (Wildman–Crippen MR) is 65.2 cm³/mol. The van der Waals surface area contributed by atoms with Crippen LogP contribution in [-0.4, -0.2) is 11.9 Å². The zero-order valence-corrected chi connectivity index (χ0v) is 10.5. The molecule has 1 aromatic carbocycles. The maximum atomic E-state index is 11.2. The van der Waals surface area contributed by atoms with Gasteiger partial charge in [-0.3, -0.25) is 4.79 Å². The van der Waals surface area contributed by atoms with E-state index in [0.717, 1.165) is 22.4 Å². The molecule has 0 fully saturated rings. The monoisotopic (exact) mass is 233 g/mol. The normalized spacial score (nSPS) is 16.2. The Balaban J connectivity index is 2.79. The molecule has 1 aliphatic rings. The number of hydrogen-bond donors (Lipinski definition) is 0. The van der Waals surface area contributed by atoms with Crippen LogP contribution in [0.15, 0.2) is 5.18 Å². The van der Waals surface area contributed by atoms with Gasteiger partial charge in [-0.15, -0.1) is 4.91 Å². The summed E-state index contributed by atoms with van der Waals surface area (Å²) in [5.41, 5.74) is 2.71. The smallest absolute Gasteiger partial charge is 0.152 e. The van der Waals surface area contributed by atoms with Crippen LogP contribution in [0.4, 0.5) is 5.69 Å². The number of aldehydes is 1. The summed E-state index contributed by atoms with van der Waals surface area (Å²) in [6, 6.07) is 0. The summed E-state index contributed by atoms with van der Waals surface area (Å²) in [7, 11) is 0. The lowest BCUT2D eigenvalue weighted by atomic mass is 9.92. The van der Waals surface area contributed by atoms with Gasteiger partial charge in [0.2, 0.25) is 0 Å². The first-order chi connectivity index (χ1) is 7.91. The predicted octanol–water partition coefficient (Wildman–Crippen LogP) is 3.23. The fourth-order valence-electron chi connectivity index (χ4n) is 2.34. The largest absolute Gasteiger partial charge is 0.487 e.